The number of hydrogen-bond donors (Lipinski definition) is 0. The van der Waals surface area contributed by atoms with E-state index in [-0.39, 0.29) is 0 Å². The van der Waals surface area contributed by atoms with Gasteiger partial charge >= 0.3 is 0 Å². The van der Waals surface area contributed by atoms with E-state index in [1.807, 2.05) is 6.20 Å². The second-order valence-electron chi connectivity index (χ2n) is 11.0. The van der Waals surface area contributed by atoms with E-state index in [9.17, 15) is 0 Å². The van der Waals surface area contributed by atoms with E-state index in [0.717, 1.165) is 12.8 Å². The van der Waals surface area contributed by atoms with E-state index >= 15 is 0 Å². The Labute approximate surface area is 232 Å². The largest absolute Gasteiger partial charge is 0.264 e. The van der Waals surface area contributed by atoms with E-state index in [0.29, 0.717) is 0 Å². The van der Waals surface area contributed by atoms with Gasteiger partial charge in [-0.1, -0.05) is 103 Å². The zero-order valence-corrected chi connectivity index (χ0v) is 22.0. The first kappa shape index (κ1) is 21.9. The third-order valence-electron chi connectivity index (χ3n) is 8.97. The first-order valence-corrected chi connectivity index (χ1v) is 14.1. The van der Waals surface area contributed by atoms with Crippen molar-refractivity contribution in [2.24, 2.45) is 0 Å². The second kappa shape index (κ2) is 8.24. The molecule has 40 heavy (non-hydrogen) atoms. The van der Waals surface area contributed by atoms with Crippen molar-refractivity contribution in [3.05, 3.63) is 138 Å². The highest BCUT2D eigenvalue weighted by molar-refractivity contribution is 6.22. The van der Waals surface area contributed by atoms with Gasteiger partial charge < -0.3 is 0 Å². The zero-order chi connectivity index (χ0) is 26.2. The summed E-state index contributed by atoms with van der Waals surface area (Å²) in [7, 11) is 0. The minimum absolute atomic E-state index is 0.953. The number of nitrogens with zero attached hydrogens (tertiary/aromatic N) is 1. The van der Waals surface area contributed by atoms with Gasteiger partial charge in [0.1, 0.15) is 0 Å². The molecule has 0 amide bonds. The molecule has 7 aromatic rings. The Hall–Kier alpha value is -5.01. The van der Waals surface area contributed by atoms with Crippen LogP contribution in [-0.4, -0.2) is 4.98 Å². The minimum Gasteiger partial charge on any atom is -0.264 e. The Bertz CT molecular complexity index is 2210. The highest BCUT2D eigenvalue weighted by Gasteiger charge is 2.24. The summed E-state index contributed by atoms with van der Waals surface area (Å²) in [5, 5.41) is 10.3. The predicted molar refractivity (Wildman–Crippen MR) is 170 cm³/mol. The van der Waals surface area contributed by atoms with E-state index in [2.05, 4.69) is 126 Å². The Morgan fingerprint density at radius 1 is 0.575 bits per heavy atom. The molecule has 1 heteroatoms. The standard InChI is InChI=1S/C39H25N/c1-2-7-28-22-29(15-12-24(28)6-1)37-30-10-3-4-11-31(30)39(35-23-40-21-20-34(35)37)33-19-17-27-14-13-25-8-5-9-26-16-18-32(33)38(27)36(25)26/h1-8,10-17,19-23H,9,18H2. The lowest BCUT2D eigenvalue weighted by Gasteiger charge is -2.26. The number of benzene rings is 6. The van der Waals surface area contributed by atoms with Crippen LogP contribution in [0.4, 0.5) is 0 Å². The molecule has 0 saturated heterocycles. The van der Waals surface area contributed by atoms with Crippen LogP contribution in [0.3, 0.4) is 0 Å². The molecule has 2 aliphatic carbocycles. The normalized spacial score (nSPS) is 13.8. The summed E-state index contributed by atoms with van der Waals surface area (Å²) in [5.41, 5.74) is 10.8. The van der Waals surface area contributed by atoms with Crippen LogP contribution < -0.4 is 0 Å². The molecule has 2 aliphatic rings. The fraction of sp³-hybridized carbons (Fsp3) is 0.0513. The molecule has 0 aliphatic heterocycles. The number of rotatable bonds is 2. The number of aromatic nitrogens is 1. The summed E-state index contributed by atoms with van der Waals surface area (Å²) < 4.78 is 0. The van der Waals surface area contributed by atoms with Crippen LogP contribution in [0.15, 0.2) is 122 Å². The molecule has 1 aromatic heterocycles. The van der Waals surface area contributed by atoms with Crippen molar-refractivity contribution in [3.63, 3.8) is 0 Å². The topological polar surface area (TPSA) is 12.9 Å². The number of fused-ring (bicyclic) bond motifs is 3. The van der Waals surface area contributed by atoms with Gasteiger partial charge in [0.15, 0.2) is 0 Å². The van der Waals surface area contributed by atoms with Crippen molar-refractivity contribution < 1.29 is 0 Å². The highest BCUT2D eigenvalue weighted by Crippen LogP contribution is 2.48. The summed E-state index contributed by atoms with van der Waals surface area (Å²) in [5.74, 6) is 0. The molecule has 0 bridgehead atoms. The van der Waals surface area contributed by atoms with Crippen molar-refractivity contribution in [2.75, 3.05) is 0 Å². The van der Waals surface area contributed by atoms with Gasteiger partial charge in [-0.25, -0.2) is 0 Å². The van der Waals surface area contributed by atoms with Crippen LogP contribution in [-0.2, 0) is 6.42 Å². The molecule has 1 heterocycles. The summed E-state index contributed by atoms with van der Waals surface area (Å²) in [6, 6.07) is 35.9. The maximum absolute atomic E-state index is 4.67. The number of pyridine rings is 1. The molecule has 0 N–H and O–H groups in total. The van der Waals surface area contributed by atoms with Gasteiger partial charge in [0.2, 0.25) is 0 Å². The summed E-state index contributed by atoms with van der Waals surface area (Å²) in [4.78, 5) is 4.67. The summed E-state index contributed by atoms with van der Waals surface area (Å²) in [6.45, 7) is 0. The van der Waals surface area contributed by atoms with Crippen LogP contribution in [0.2, 0.25) is 0 Å². The van der Waals surface area contributed by atoms with Gasteiger partial charge in [-0.05, 0) is 107 Å². The Balaban J connectivity index is 1.41. The lowest BCUT2D eigenvalue weighted by Crippen LogP contribution is -2.05. The average molecular weight is 508 g/mol. The Kier molecular flexibility index (Phi) is 4.51. The summed E-state index contributed by atoms with van der Waals surface area (Å²) >= 11 is 0. The first-order valence-electron chi connectivity index (χ1n) is 14.1. The van der Waals surface area contributed by atoms with Crippen LogP contribution in [0.1, 0.15) is 23.1 Å². The third-order valence-corrected chi connectivity index (χ3v) is 8.97. The maximum Gasteiger partial charge on any atom is 0.0353 e. The molecule has 186 valence electrons. The van der Waals surface area contributed by atoms with Gasteiger partial charge in [0, 0.05) is 17.8 Å². The van der Waals surface area contributed by atoms with E-state index in [4.69, 9.17) is 0 Å². The zero-order valence-electron chi connectivity index (χ0n) is 22.0. The third kappa shape index (κ3) is 3.01. The van der Waals surface area contributed by atoms with Crippen molar-refractivity contribution in [1.82, 2.24) is 4.98 Å². The van der Waals surface area contributed by atoms with Crippen molar-refractivity contribution in [3.8, 4) is 22.3 Å². The smallest absolute Gasteiger partial charge is 0.0353 e. The first-order chi connectivity index (χ1) is 19.8. The SMILES string of the molecule is C1=Cc2ccc3ccc(-c4c5ccccc5c(-c5ccc6ccccc6c5)c5ccncc45)c4c3c2C(=CC4)C1. The lowest BCUT2D eigenvalue weighted by molar-refractivity contribution is 1.23. The van der Waals surface area contributed by atoms with Crippen LogP contribution in [0.5, 0.6) is 0 Å². The lowest BCUT2D eigenvalue weighted by atomic mass is 9.78. The molecule has 0 saturated carbocycles. The highest BCUT2D eigenvalue weighted by atomic mass is 14.6. The monoisotopic (exact) mass is 507 g/mol. The fourth-order valence-corrected chi connectivity index (χ4v) is 7.23. The summed E-state index contributed by atoms with van der Waals surface area (Å²) in [6.07, 6.45) is 13.0. The Morgan fingerprint density at radius 3 is 2.27 bits per heavy atom. The van der Waals surface area contributed by atoms with Crippen molar-refractivity contribution in [2.45, 2.75) is 12.8 Å². The molecule has 0 spiro atoms. The van der Waals surface area contributed by atoms with Gasteiger partial charge in [-0.3, -0.25) is 4.98 Å². The average Bonchev–Trinajstić information content (AvgIpc) is 3.02. The molecule has 0 unspecified atom stereocenters. The van der Waals surface area contributed by atoms with Crippen LogP contribution >= 0.6 is 0 Å². The van der Waals surface area contributed by atoms with Crippen LogP contribution in [0.25, 0.3) is 77.0 Å². The second-order valence-corrected chi connectivity index (χ2v) is 11.0. The molecule has 9 rings (SSSR count). The van der Waals surface area contributed by atoms with Crippen LogP contribution in [0, 0.1) is 0 Å². The molecular weight excluding hydrogens is 482 g/mol. The molecular formula is C39H25N. The van der Waals surface area contributed by atoms with Gasteiger partial charge in [-0.2, -0.15) is 0 Å². The maximum atomic E-state index is 4.67. The molecule has 0 fully saturated rings. The number of allylic oxidation sites excluding steroid dienone is 3. The fourth-order valence-electron chi connectivity index (χ4n) is 7.23. The molecule has 0 radical (unpaired) electrons. The predicted octanol–water partition coefficient (Wildman–Crippen LogP) is 10.4. The van der Waals surface area contributed by atoms with Gasteiger partial charge in [0.25, 0.3) is 0 Å². The Morgan fingerprint density at radius 2 is 1.35 bits per heavy atom. The van der Waals surface area contributed by atoms with E-state index in [1.165, 1.54) is 87.6 Å². The van der Waals surface area contributed by atoms with E-state index < -0.39 is 0 Å². The number of hydrogen-bond acceptors (Lipinski definition) is 1. The minimum atomic E-state index is 0.953. The molecule has 0 atom stereocenters. The van der Waals surface area contributed by atoms with E-state index in [1.54, 1.807) is 0 Å². The molecule has 6 aromatic carbocycles. The quantitative estimate of drug-likeness (QED) is 0.212. The molecule has 1 nitrogen and oxygen atoms in total. The van der Waals surface area contributed by atoms with Gasteiger partial charge in [-0.15, -0.1) is 0 Å². The van der Waals surface area contributed by atoms with Crippen molar-refractivity contribution in [1.29, 1.82) is 0 Å². The van der Waals surface area contributed by atoms with Gasteiger partial charge in [0.05, 0.1) is 0 Å². The van der Waals surface area contributed by atoms with Crippen molar-refractivity contribution >= 4 is 54.7 Å².